The minimum atomic E-state index is -4.99. The average Bonchev–Trinajstić information content (AvgIpc) is 3.20. The Bertz CT molecular complexity index is 1320. The number of pyridine rings is 1. The molecule has 15 heteroatoms. The third-order valence-electron chi connectivity index (χ3n) is 5.75. The van der Waals surface area contributed by atoms with Crippen LogP contribution in [0, 0.1) is 5.82 Å². The number of benzene rings is 1. The van der Waals surface area contributed by atoms with Gasteiger partial charge in [-0.25, -0.2) is 4.39 Å². The van der Waals surface area contributed by atoms with Crippen LogP contribution in [0.1, 0.15) is 27.8 Å². The van der Waals surface area contributed by atoms with E-state index < -0.39 is 53.2 Å². The van der Waals surface area contributed by atoms with Crippen LogP contribution in [-0.2, 0) is 17.5 Å². The van der Waals surface area contributed by atoms with Crippen LogP contribution >= 0.6 is 0 Å². The molecule has 5 rings (SSSR count). The summed E-state index contributed by atoms with van der Waals surface area (Å²) >= 11 is 0. The quantitative estimate of drug-likeness (QED) is 0.489. The van der Waals surface area contributed by atoms with Crippen LogP contribution in [0.3, 0.4) is 0 Å². The molecule has 2 bridgehead atoms. The van der Waals surface area contributed by atoms with E-state index in [0.717, 1.165) is 30.5 Å². The van der Waals surface area contributed by atoms with Crippen LogP contribution in [0.5, 0.6) is 5.75 Å². The first-order valence-electron chi connectivity index (χ1n) is 10.4. The van der Waals surface area contributed by atoms with Gasteiger partial charge in [-0.3, -0.25) is 9.78 Å². The molecule has 0 spiro atoms. The molecule has 2 aliphatic rings. The number of hydrogen-bond donors (Lipinski definition) is 0. The van der Waals surface area contributed by atoms with Gasteiger partial charge >= 0.3 is 12.5 Å². The zero-order chi connectivity index (χ0) is 25.8. The minimum absolute atomic E-state index is 0.0122. The molecule has 8 nitrogen and oxygen atoms in total. The monoisotopic (exact) mass is 517 g/mol. The van der Waals surface area contributed by atoms with Crippen LogP contribution < -0.4 is 4.74 Å². The second kappa shape index (κ2) is 8.43. The first kappa shape index (κ1) is 24.0. The Morgan fingerprint density at radius 1 is 1.08 bits per heavy atom. The highest BCUT2D eigenvalue weighted by Gasteiger charge is 2.45. The summed E-state index contributed by atoms with van der Waals surface area (Å²) in [5, 5.41) is 8.02. The number of morpholine rings is 1. The maximum atomic E-state index is 14.7. The van der Waals surface area contributed by atoms with Crippen molar-refractivity contribution in [2.45, 2.75) is 31.2 Å². The summed E-state index contributed by atoms with van der Waals surface area (Å²) < 4.78 is 103. The van der Waals surface area contributed by atoms with Crippen LogP contribution in [0.25, 0.3) is 11.5 Å². The van der Waals surface area contributed by atoms with E-state index in [2.05, 4.69) is 19.9 Å². The molecular formula is C21H14F7N5O3. The number of rotatable bonds is 3. The average molecular weight is 517 g/mol. The van der Waals surface area contributed by atoms with Gasteiger partial charge in [-0.1, -0.05) is 6.07 Å². The molecule has 1 amide bonds. The first-order valence-corrected chi connectivity index (χ1v) is 10.4. The summed E-state index contributed by atoms with van der Waals surface area (Å²) in [5.41, 5.74) is -2.31. The van der Waals surface area contributed by atoms with E-state index in [0.29, 0.717) is 6.07 Å². The number of hydrogen-bond acceptors (Lipinski definition) is 6. The van der Waals surface area contributed by atoms with Gasteiger partial charge in [-0.05, 0) is 18.2 Å². The summed E-state index contributed by atoms with van der Waals surface area (Å²) in [6.07, 6.45) is -8.82. The second-order valence-electron chi connectivity index (χ2n) is 8.00. The predicted octanol–water partition coefficient (Wildman–Crippen LogP) is 3.99. The zero-order valence-corrected chi connectivity index (χ0v) is 17.8. The molecule has 2 aliphatic heterocycles. The highest BCUT2D eigenvalue weighted by atomic mass is 19.4. The van der Waals surface area contributed by atoms with Crippen LogP contribution in [-0.4, -0.2) is 56.2 Å². The molecule has 2 unspecified atom stereocenters. The van der Waals surface area contributed by atoms with Gasteiger partial charge < -0.3 is 18.9 Å². The van der Waals surface area contributed by atoms with Crippen molar-refractivity contribution in [3.05, 3.63) is 59.3 Å². The summed E-state index contributed by atoms with van der Waals surface area (Å²) in [4.78, 5) is 18.5. The fourth-order valence-corrected chi connectivity index (χ4v) is 4.31. The molecule has 0 saturated carbocycles. The normalized spacial score (nSPS) is 19.7. The number of fused-ring (bicyclic) bond motifs is 4. The van der Waals surface area contributed by atoms with E-state index in [9.17, 15) is 35.5 Å². The highest BCUT2D eigenvalue weighted by molar-refractivity contribution is 5.95. The molecule has 3 aromatic rings. The molecular weight excluding hydrogens is 503 g/mol. The van der Waals surface area contributed by atoms with Gasteiger partial charge in [0.2, 0.25) is 0 Å². The van der Waals surface area contributed by atoms with E-state index in [1.54, 1.807) is 0 Å². The Balaban J connectivity index is 1.50. The molecule has 1 aromatic carbocycles. The smallest absolute Gasteiger partial charge is 0.406 e. The number of halogens is 7. The van der Waals surface area contributed by atoms with Crippen molar-refractivity contribution in [1.82, 2.24) is 24.6 Å². The number of amides is 1. The largest absolute Gasteiger partial charge is 0.573 e. The second-order valence-corrected chi connectivity index (χ2v) is 8.00. The summed E-state index contributed by atoms with van der Waals surface area (Å²) in [6.45, 7) is -0.150. The van der Waals surface area contributed by atoms with Gasteiger partial charge in [0, 0.05) is 18.8 Å². The lowest BCUT2D eigenvalue weighted by atomic mass is 10.0. The van der Waals surface area contributed by atoms with Gasteiger partial charge in [0.25, 0.3) is 5.91 Å². The number of carbonyl (C=O) groups is 1. The molecule has 4 heterocycles. The van der Waals surface area contributed by atoms with E-state index in [-0.39, 0.29) is 37.1 Å². The van der Waals surface area contributed by atoms with Gasteiger partial charge in [0.15, 0.2) is 11.6 Å². The lowest BCUT2D eigenvalue weighted by Gasteiger charge is -2.45. The summed E-state index contributed by atoms with van der Waals surface area (Å²) in [6, 6.07) is 2.79. The highest BCUT2D eigenvalue weighted by Crippen LogP contribution is 2.38. The molecule has 2 atom stereocenters. The molecule has 1 fully saturated rings. The molecule has 1 saturated heterocycles. The molecule has 0 radical (unpaired) electrons. The molecule has 190 valence electrons. The Morgan fingerprint density at radius 2 is 1.86 bits per heavy atom. The molecule has 0 N–H and O–H groups in total. The van der Waals surface area contributed by atoms with Crippen molar-refractivity contribution in [3.8, 4) is 17.3 Å². The molecule has 36 heavy (non-hydrogen) atoms. The Morgan fingerprint density at radius 3 is 2.58 bits per heavy atom. The van der Waals surface area contributed by atoms with E-state index in [4.69, 9.17) is 4.74 Å². The van der Waals surface area contributed by atoms with Gasteiger partial charge in [0.1, 0.15) is 23.3 Å². The van der Waals surface area contributed by atoms with Crippen molar-refractivity contribution in [1.29, 1.82) is 0 Å². The van der Waals surface area contributed by atoms with E-state index in [1.165, 1.54) is 9.47 Å². The van der Waals surface area contributed by atoms with Crippen molar-refractivity contribution < 1.29 is 45.0 Å². The topological polar surface area (TPSA) is 82.4 Å². The van der Waals surface area contributed by atoms with Gasteiger partial charge in [-0.2, -0.15) is 13.2 Å². The SMILES string of the molecule is O=C(c1cccc(C(F)(F)F)c1F)N1C2COCC1c1nnc(-c3cc(OC(F)(F)F)ccn3)n1C2. The van der Waals surface area contributed by atoms with Crippen molar-refractivity contribution in [2.24, 2.45) is 0 Å². The van der Waals surface area contributed by atoms with Crippen LogP contribution in [0.4, 0.5) is 30.7 Å². The summed E-state index contributed by atoms with van der Waals surface area (Å²) in [7, 11) is 0. The molecule has 0 aliphatic carbocycles. The Hall–Kier alpha value is -3.75. The fraction of sp³-hybridized carbons (Fsp3) is 0.333. The van der Waals surface area contributed by atoms with Crippen molar-refractivity contribution in [3.63, 3.8) is 0 Å². The van der Waals surface area contributed by atoms with Crippen molar-refractivity contribution in [2.75, 3.05) is 13.2 Å². The number of ether oxygens (including phenoxy) is 2. The molecule has 2 aromatic heterocycles. The zero-order valence-electron chi connectivity index (χ0n) is 17.8. The minimum Gasteiger partial charge on any atom is -0.406 e. The van der Waals surface area contributed by atoms with E-state index in [1.807, 2.05) is 0 Å². The first-order chi connectivity index (χ1) is 16.9. The maximum absolute atomic E-state index is 14.7. The lowest BCUT2D eigenvalue weighted by molar-refractivity contribution is -0.274. The fourth-order valence-electron chi connectivity index (χ4n) is 4.31. The van der Waals surface area contributed by atoms with E-state index >= 15 is 0 Å². The Kier molecular flexibility index (Phi) is 5.61. The number of carbonyl (C=O) groups excluding carboxylic acids is 1. The maximum Gasteiger partial charge on any atom is 0.573 e. The number of nitrogens with zero attached hydrogens (tertiary/aromatic N) is 5. The number of aromatic nitrogens is 4. The predicted molar refractivity (Wildman–Crippen MR) is 105 cm³/mol. The standard InChI is InChI=1S/C21H14F7N5O3/c22-16-12(2-1-3-13(16)20(23,24)25)19(34)33-10-7-32-17(30-31-18(32)15(33)9-35-8-10)14-6-11(4-5-29-14)36-21(26,27)28/h1-6,10,15H,7-9H2. The third kappa shape index (κ3) is 4.23. The summed E-state index contributed by atoms with van der Waals surface area (Å²) in [5.74, 6) is -2.95. The lowest BCUT2D eigenvalue weighted by Crippen LogP contribution is -2.56. The van der Waals surface area contributed by atoms with Crippen LogP contribution in [0.2, 0.25) is 0 Å². The van der Waals surface area contributed by atoms with Crippen molar-refractivity contribution >= 4 is 5.91 Å². The number of alkyl halides is 6. The third-order valence-corrected chi connectivity index (χ3v) is 5.75. The van der Waals surface area contributed by atoms with Crippen LogP contribution in [0.15, 0.2) is 36.5 Å². The Labute approximate surface area is 197 Å². The van der Waals surface area contributed by atoms with Gasteiger partial charge in [-0.15, -0.1) is 23.4 Å². The van der Waals surface area contributed by atoms with Gasteiger partial charge in [0.05, 0.1) is 30.4 Å².